The zero-order valence-corrected chi connectivity index (χ0v) is 17.4. The van der Waals surface area contributed by atoms with E-state index in [0.717, 1.165) is 35.0 Å². The molecule has 5 nitrogen and oxygen atoms in total. The number of benzene rings is 1. The highest BCUT2D eigenvalue weighted by Gasteiger charge is 2.00. The van der Waals surface area contributed by atoms with Gasteiger partial charge >= 0.3 is 0 Å². The molecule has 2 aromatic rings. The van der Waals surface area contributed by atoms with Gasteiger partial charge in [0.1, 0.15) is 5.75 Å². The van der Waals surface area contributed by atoms with Crippen molar-refractivity contribution in [1.29, 1.82) is 0 Å². The molecule has 0 saturated carbocycles. The van der Waals surface area contributed by atoms with Crippen molar-refractivity contribution in [3.05, 3.63) is 40.3 Å². The maximum atomic E-state index is 5.90. The second-order valence-electron chi connectivity index (χ2n) is 5.57. The minimum absolute atomic E-state index is 0. The lowest BCUT2D eigenvalue weighted by atomic mass is 10.3. The number of rotatable bonds is 7. The average molecular weight is 460 g/mol. The largest absolute Gasteiger partial charge is 0.491 e. The number of anilines is 1. The summed E-state index contributed by atoms with van der Waals surface area (Å²) in [5.41, 5.74) is 7.89. The highest BCUT2D eigenvalue weighted by molar-refractivity contribution is 14.0. The van der Waals surface area contributed by atoms with E-state index in [9.17, 15) is 0 Å². The monoisotopic (exact) mass is 460 g/mol. The molecule has 0 bridgehead atoms. The Labute approximate surface area is 164 Å². The van der Waals surface area contributed by atoms with Crippen molar-refractivity contribution >= 4 is 47.0 Å². The van der Waals surface area contributed by atoms with Crippen molar-refractivity contribution in [2.45, 2.75) is 39.7 Å². The van der Waals surface area contributed by atoms with Crippen molar-refractivity contribution in [3.63, 3.8) is 0 Å². The van der Waals surface area contributed by atoms with Crippen LogP contribution in [0.1, 0.15) is 31.0 Å². The van der Waals surface area contributed by atoms with Gasteiger partial charge in [0.15, 0.2) is 5.96 Å². The van der Waals surface area contributed by atoms with Gasteiger partial charge in [-0.15, -0.1) is 35.3 Å². The summed E-state index contributed by atoms with van der Waals surface area (Å²) >= 11 is 1.70. The summed E-state index contributed by atoms with van der Waals surface area (Å²) in [5, 5.41) is 6.31. The fourth-order valence-corrected chi connectivity index (χ4v) is 2.84. The number of halogens is 1. The van der Waals surface area contributed by atoms with Crippen LogP contribution in [0.3, 0.4) is 0 Å². The number of ether oxygens (including phenoxy) is 1. The molecule has 24 heavy (non-hydrogen) atoms. The van der Waals surface area contributed by atoms with E-state index in [1.165, 1.54) is 0 Å². The van der Waals surface area contributed by atoms with Crippen molar-refractivity contribution in [2.24, 2.45) is 10.7 Å². The van der Waals surface area contributed by atoms with Crippen LogP contribution in [0.25, 0.3) is 0 Å². The molecule has 7 heteroatoms. The fourth-order valence-electron chi connectivity index (χ4n) is 2.02. The lowest BCUT2D eigenvalue weighted by molar-refractivity contribution is 0.242. The number of nitrogens with one attached hydrogen (secondary N) is 1. The summed E-state index contributed by atoms with van der Waals surface area (Å²) in [7, 11) is 0. The lowest BCUT2D eigenvalue weighted by Gasteiger charge is -2.10. The first-order valence-corrected chi connectivity index (χ1v) is 8.65. The zero-order chi connectivity index (χ0) is 16.7. The Balaban J connectivity index is 0.00000288. The zero-order valence-electron chi connectivity index (χ0n) is 14.3. The van der Waals surface area contributed by atoms with Crippen LogP contribution in [0.4, 0.5) is 5.69 Å². The van der Waals surface area contributed by atoms with Gasteiger partial charge in [0, 0.05) is 29.7 Å². The van der Waals surface area contributed by atoms with Crippen LogP contribution in [0.2, 0.25) is 0 Å². The van der Waals surface area contributed by atoms with E-state index >= 15 is 0 Å². The predicted molar refractivity (Wildman–Crippen MR) is 113 cm³/mol. The summed E-state index contributed by atoms with van der Waals surface area (Å²) in [6.07, 6.45) is 2.05. The first kappa shape index (κ1) is 20.7. The topological polar surface area (TPSA) is 72.5 Å². The molecule has 132 valence electrons. The Bertz CT molecular complexity index is 640. The molecular weight excluding hydrogens is 435 g/mol. The van der Waals surface area contributed by atoms with Crippen LogP contribution in [0.15, 0.2) is 34.6 Å². The van der Waals surface area contributed by atoms with Gasteiger partial charge in [-0.1, -0.05) is 0 Å². The van der Waals surface area contributed by atoms with E-state index in [0.29, 0.717) is 12.5 Å². The minimum Gasteiger partial charge on any atom is -0.491 e. The highest BCUT2D eigenvalue weighted by atomic mass is 127. The highest BCUT2D eigenvalue weighted by Crippen LogP contribution is 2.16. The van der Waals surface area contributed by atoms with Gasteiger partial charge in [0.25, 0.3) is 0 Å². The van der Waals surface area contributed by atoms with Crippen LogP contribution in [-0.4, -0.2) is 23.6 Å². The van der Waals surface area contributed by atoms with Gasteiger partial charge in [-0.2, -0.15) is 0 Å². The molecule has 3 N–H and O–H groups in total. The number of aromatic nitrogens is 1. The Kier molecular flexibility index (Phi) is 9.05. The maximum absolute atomic E-state index is 5.90. The molecule has 1 heterocycles. The molecule has 0 unspecified atom stereocenters. The smallest absolute Gasteiger partial charge is 0.193 e. The standard InChI is InChI=1S/C17H24N4OS.HI/c1-12(2)22-15-8-6-14(7-9-15)21-17(18)19-10-4-5-16-20-13(3)11-23-16;/h6-9,11-12H,4-5,10H2,1-3H3,(H3,18,19,21);1H. The van der Waals surface area contributed by atoms with Crippen molar-refractivity contribution in [3.8, 4) is 5.75 Å². The SMILES string of the molecule is Cc1csc(CCCN=C(N)Nc2ccc(OC(C)C)cc2)n1.I. The van der Waals surface area contributed by atoms with Gasteiger partial charge in [-0.25, -0.2) is 4.98 Å². The first-order valence-electron chi connectivity index (χ1n) is 7.77. The van der Waals surface area contributed by atoms with E-state index in [1.807, 2.05) is 45.0 Å². The van der Waals surface area contributed by atoms with Gasteiger partial charge in [-0.05, 0) is 51.5 Å². The van der Waals surface area contributed by atoms with E-state index in [1.54, 1.807) is 11.3 Å². The predicted octanol–water partition coefficient (Wildman–Crippen LogP) is 4.22. The molecule has 0 spiro atoms. The van der Waals surface area contributed by atoms with Gasteiger partial charge < -0.3 is 15.8 Å². The van der Waals surface area contributed by atoms with Gasteiger partial charge in [0.2, 0.25) is 0 Å². The Morgan fingerprint density at radius 2 is 2.04 bits per heavy atom. The Hall–Kier alpha value is -1.35. The number of hydrogen-bond acceptors (Lipinski definition) is 4. The molecule has 0 aliphatic rings. The van der Waals surface area contributed by atoms with E-state index in [-0.39, 0.29) is 30.1 Å². The third kappa shape index (κ3) is 7.48. The van der Waals surface area contributed by atoms with Crippen LogP contribution in [0.5, 0.6) is 5.75 Å². The third-order valence-corrected chi connectivity index (χ3v) is 4.02. The van der Waals surface area contributed by atoms with Crippen LogP contribution < -0.4 is 15.8 Å². The van der Waals surface area contributed by atoms with E-state index < -0.39 is 0 Å². The Morgan fingerprint density at radius 3 is 2.62 bits per heavy atom. The Morgan fingerprint density at radius 1 is 1.33 bits per heavy atom. The molecule has 2 rings (SSSR count). The van der Waals surface area contributed by atoms with Crippen LogP contribution >= 0.6 is 35.3 Å². The molecule has 0 aliphatic carbocycles. The van der Waals surface area contributed by atoms with Gasteiger partial charge in [-0.3, -0.25) is 4.99 Å². The summed E-state index contributed by atoms with van der Waals surface area (Å²) in [5.74, 6) is 1.28. The second-order valence-corrected chi connectivity index (χ2v) is 6.51. The third-order valence-electron chi connectivity index (χ3n) is 3.00. The van der Waals surface area contributed by atoms with Crippen molar-refractivity contribution < 1.29 is 4.74 Å². The molecule has 0 atom stereocenters. The fraction of sp³-hybridized carbons (Fsp3) is 0.412. The summed E-state index contributed by atoms with van der Waals surface area (Å²) in [6.45, 7) is 6.71. The summed E-state index contributed by atoms with van der Waals surface area (Å²) in [6, 6.07) is 7.69. The minimum atomic E-state index is 0. The molecule has 0 saturated heterocycles. The van der Waals surface area contributed by atoms with E-state index in [2.05, 4.69) is 20.7 Å². The van der Waals surface area contributed by atoms with Gasteiger partial charge in [0.05, 0.1) is 11.1 Å². The lowest BCUT2D eigenvalue weighted by Crippen LogP contribution is -2.22. The van der Waals surface area contributed by atoms with E-state index in [4.69, 9.17) is 10.5 Å². The molecule has 0 amide bonds. The molecule has 0 radical (unpaired) electrons. The van der Waals surface area contributed by atoms with Crippen LogP contribution in [-0.2, 0) is 6.42 Å². The first-order chi connectivity index (χ1) is 11.0. The summed E-state index contributed by atoms with van der Waals surface area (Å²) in [4.78, 5) is 8.78. The normalized spacial score (nSPS) is 11.2. The average Bonchev–Trinajstić information content (AvgIpc) is 2.91. The molecule has 0 fully saturated rings. The molecule has 1 aromatic carbocycles. The van der Waals surface area contributed by atoms with Crippen LogP contribution in [0, 0.1) is 6.92 Å². The number of hydrogen-bond donors (Lipinski definition) is 2. The molecular formula is C17H25IN4OS. The molecule has 1 aromatic heterocycles. The number of aryl methyl sites for hydroxylation is 2. The maximum Gasteiger partial charge on any atom is 0.193 e. The number of thiazole rings is 1. The van der Waals surface area contributed by atoms with Crippen molar-refractivity contribution in [1.82, 2.24) is 4.98 Å². The number of nitrogens with zero attached hydrogens (tertiary/aromatic N) is 2. The number of guanidine groups is 1. The second kappa shape index (κ2) is 10.5. The number of nitrogens with two attached hydrogens (primary N) is 1. The van der Waals surface area contributed by atoms with Crippen molar-refractivity contribution in [2.75, 3.05) is 11.9 Å². The summed E-state index contributed by atoms with van der Waals surface area (Å²) < 4.78 is 5.60. The number of aliphatic imine (C=N–C) groups is 1. The molecule has 0 aliphatic heterocycles. The quantitative estimate of drug-likeness (QED) is 0.281.